The van der Waals surface area contributed by atoms with Gasteiger partial charge in [0, 0.05) is 0 Å². The zero-order valence-corrected chi connectivity index (χ0v) is 5.09. The molecule has 0 aliphatic carbocycles. The summed E-state index contributed by atoms with van der Waals surface area (Å²) in [5.41, 5.74) is 0. The van der Waals surface area contributed by atoms with E-state index in [1.807, 2.05) is 0 Å². The van der Waals surface area contributed by atoms with E-state index in [1.54, 1.807) is 0 Å². The second-order valence-corrected chi connectivity index (χ2v) is 2.08. The summed E-state index contributed by atoms with van der Waals surface area (Å²) in [6, 6.07) is 0. The summed E-state index contributed by atoms with van der Waals surface area (Å²) in [5.74, 6) is 0. The quantitative estimate of drug-likeness (QED) is 0.242. The fraction of sp³-hybridized carbons (Fsp3) is 0. The van der Waals surface area contributed by atoms with Crippen molar-refractivity contribution in [3.63, 3.8) is 0 Å². The Labute approximate surface area is 164 Å². The molecule has 0 amide bonds. The van der Waals surface area contributed by atoms with E-state index in [9.17, 15) is 0 Å². The minimum atomic E-state index is -4.61. The van der Waals surface area contributed by atoms with Gasteiger partial charge in [-0.15, -0.1) is 0 Å². The predicted molar refractivity (Wildman–Crippen MR) is 48.1 cm³/mol. The number of carboxylic acid groups (broad SMARTS) is 2. The van der Waals surface area contributed by atoms with Crippen LogP contribution in [0.2, 0.25) is 0 Å². The van der Waals surface area contributed by atoms with E-state index >= 15 is 0 Å². The van der Waals surface area contributed by atoms with Gasteiger partial charge in [0.05, 0.1) is 0 Å². The fourth-order valence-corrected chi connectivity index (χ4v) is 0. The van der Waals surface area contributed by atoms with Crippen LogP contribution in [0.1, 0.15) is 0 Å². The third-order valence-corrected chi connectivity index (χ3v) is 0. The zero-order chi connectivity index (χ0) is 8.08. The van der Waals surface area contributed by atoms with Crippen molar-refractivity contribution >= 4 is 134 Å². The Bertz CT molecular complexity index is 85.9. The molecule has 0 aromatic heterocycles. The van der Waals surface area contributed by atoms with E-state index in [1.165, 1.54) is 0 Å². The van der Waals surface area contributed by atoms with E-state index in [0.717, 1.165) is 0 Å². The summed E-state index contributed by atoms with van der Waals surface area (Å²) < 4.78 is 0. The fourth-order valence-electron chi connectivity index (χ4n) is 0. The zero-order valence-electron chi connectivity index (χ0n) is 4.09. The second kappa shape index (κ2) is 16.6. The van der Waals surface area contributed by atoms with Crippen LogP contribution < -0.4 is 0 Å². The van der Waals surface area contributed by atoms with Gasteiger partial charge in [-0.3, -0.25) is 0 Å². The van der Waals surface area contributed by atoms with Gasteiger partial charge < -0.3 is 29.4 Å². The average Bonchev–Trinajstić information content (AvgIpc) is 1.19. The van der Waals surface area contributed by atoms with Crippen molar-refractivity contribution in [1.82, 2.24) is 0 Å². The van der Waals surface area contributed by atoms with Crippen molar-refractivity contribution in [3.05, 3.63) is 0 Å². The van der Waals surface area contributed by atoms with E-state index in [4.69, 9.17) is 34.2 Å². The first-order valence-corrected chi connectivity index (χ1v) is 3.33. The van der Waals surface area contributed by atoms with Gasteiger partial charge in [0.15, 0.2) is 0 Å². The summed E-state index contributed by atoms with van der Waals surface area (Å²) >= 11 is 0. The summed E-state index contributed by atoms with van der Waals surface area (Å²) in [6.45, 7) is 0. The molecule has 0 radical (unpaired) electrons. The van der Waals surface area contributed by atoms with Gasteiger partial charge in [-0.25, -0.2) is 4.79 Å². The third kappa shape index (κ3) is 190. The molecule has 0 bridgehead atoms. The molecular weight excluding hydrogens is 254 g/mol. The van der Waals surface area contributed by atoms with E-state index < -0.39 is 15.2 Å². The van der Waals surface area contributed by atoms with Crippen molar-refractivity contribution in [2.24, 2.45) is 0 Å². The third-order valence-electron chi connectivity index (χ3n) is 0. The van der Waals surface area contributed by atoms with Gasteiger partial charge in [-0.1, -0.05) is 0 Å². The van der Waals surface area contributed by atoms with Crippen molar-refractivity contribution in [2.45, 2.75) is 0 Å². The van der Waals surface area contributed by atoms with Crippen molar-refractivity contribution in [1.29, 1.82) is 0 Å². The van der Waals surface area contributed by atoms with Gasteiger partial charge in [0.2, 0.25) is 0 Å². The molecule has 0 saturated heterocycles. The van der Waals surface area contributed by atoms with Crippen LogP contribution in [0.4, 0.5) is 4.79 Å². The number of hydrogen-bond acceptors (Lipinski definition) is 5. The Morgan fingerprint density at radius 3 is 1.00 bits per heavy atom. The summed E-state index contributed by atoms with van der Waals surface area (Å²) in [6.07, 6.45) is -1.83. The van der Waals surface area contributed by atoms with Gasteiger partial charge in [0.1, 0.15) is 0 Å². The molecule has 0 aromatic carbocycles. The second-order valence-electron chi connectivity index (χ2n) is 0.883. The van der Waals surface area contributed by atoms with Crippen LogP contribution >= 0.6 is 0 Å². The molecule has 12 heavy (non-hydrogen) atoms. The molecule has 11 heteroatoms. The van der Waals surface area contributed by atoms with Crippen LogP contribution in [-0.2, 0) is 0 Å². The molecule has 0 aliphatic heterocycles. The van der Waals surface area contributed by atoms with Crippen molar-refractivity contribution in [3.8, 4) is 0 Å². The van der Waals surface area contributed by atoms with Crippen LogP contribution in [0.3, 0.4) is 0 Å². The molecule has 0 atom stereocenters. The summed E-state index contributed by atoms with van der Waals surface area (Å²) in [5, 5.41) is 13.9. The molecule has 0 aromatic rings. The Balaban J connectivity index is -0.0000000221. The molecule has 0 spiro atoms. The van der Waals surface area contributed by atoms with Gasteiger partial charge >= 0.3 is 134 Å². The standard InChI is InChI=1S/CH2O3.Ca.K.Na.H4O4Si.4H/c2-1(3)4;;;;1-5(2,3)4;;;;/h(H2,2,3,4);;;;1-4H;;;;. The van der Waals surface area contributed by atoms with Crippen molar-refractivity contribution < 1.29 is 34.2 Å². The van der Waals surface area contributed by atoms with E-state index in [0.29, 0.717) is 0 Å². The Hall–Kier alpha value is 3.22. The van der Waals surface area contributed by atoms with Crippen molar-refractivity contribution in [2.75, 3.05) is 0 Å². The number of hydrogen-bond donors (Lipinski definition) is 6. The van der Waals surface area contributed by atoms with E-state index in [2.05, 4.69) is 0 Å². The number of carbonyl (C=O) groups is 1. The summed E-state index contributed by atoms with van der Waals surface area (Å²) in [4.78, 5) is 37.9. The first-order valence-electron chi connectivity index (χ1n) is 1.55. The van der Waals surface area contributed by atoms with Gasteiger partial charge in [-0.2, -0.15) is 0 Å². The first-order chi connectivity index (χ1) is 3.73. The van der Waals surface area contributed by atoms with Gasteiger partial charge in [-0.05, 0) is 0 Å². The molecule has 7 nitrogen and oxygen atoms in total. The topological polar surface area (TPSA) is 138 Å². The van der Waals surface area contributed by atoms with Crippen LogP contribution in [0.15, 0.2) is 0 Å². The molecule has 0 saturated carbocycles. The van der Waals surface area contributed by atoms with Gasteiger partial charge in [0.25, 0.3) is 0 Å². The molecular formula is CH10CaKNaO7Si. The van der Waals surface area contributed by atoms with Crippen LogP contribution in [0.5, 0.6) is 0 Å². The minimum absolute atomic E-state index is 0. The molecule has 0 unspecified atom stereocenters. The van der Waals surface area contributed by atoms with Crippen LogP contribution in [0.25, 0.3) is 0 Å². The molecule has 0 aliphatic rings. The normalized spacial score (nSPS) is 7.00. The first kappa shape index (κ1) is 29.5. The maximum absolute atomic E-state index is 8.56. The molecule has 6 N–H and O–H groups in total. The van der Waals surface area contributed by atoms with Crippen LogP contribution in [-0.4, -0.2) is 163 Å². The predicted octanol–water partition coefficient (Wildman–Crippen LogP) is -4.60. The van der Waals surface area contributed by atoms with Crippen LogP contribution in [0, 0.1) is 0 Å². The summed E-state index contributed by atoms with van der Waals surface area (Å²) in [7, 11) is -4.61. The average molecular weight is 264 g/mol. The molecule has 0 heterocycles. The monoisotopic (exact) mass is 264 g/mol. The maximum atomic E-state index is 8.56. The number of rotatable bonds is 0. The SMILES string of the molecule is O=C(O)O.O[Si](O)(O)O.[CaH2].[KH].[NaH]. The molecule has 0 rings (SSSR count). The molecule has 64 valence electrons. The molecule has 0 fully saturated rings. The Kier molecular flexibility index (Phi) is 40.9. The Morgan fingerprint density at radius 2 is 1.00 bits per heavy atom. The Morgan fingerprint density at radius 1 is 1.00 bits per heavy atom. The van der Waals surface area contributed by atoms with E-state index in [-0.39, 0.29) is 119 Å².